The van der Waals surface area contributed by atoms with Crippen LogP contribution in [0.4, 0.5) is 5.82 Å². The van der Waals surface area contributed by atoms with Gasteiger partial charge in [-0.1, -0.05) is 5.16 Å². The summed E-state index contributed by atoms with van der Waals surface area (Å²) in [4.78, 5) is 12.2. The average Bonchev–Trinajstić information content (AvgIpc) is 3.15. The Bertz CT molecular complexity index is 693. The molecule has 0 unspecified atom stereocenters. The van der Waals surface area contributed by atoms with Gasteiger partial charge in [-0.25, -0.2) is 4.68 Å². The lowest BCUT2D eigenvalue weighted by molar-refractivity contribution is -0.122. The van der Waals surface area contributed by atoms with E-state index in [1.165, 1.54) is 4.68 Å². The summed E-state index contributed by atoms with van der Waals surface area (Å²) in [6, 6.07) is 3.59. The van der Waals surface area contributed by atoms with Crippen molar-refractivity contribution in [3.05, 3.63) is 29.3 Å². The summed E-state index contributed by atoms with van der Waals surface area (Å²) in [7, 11) is 0. The third-order valence-electron chi connectivity index (χ3n) is 3.91. The summed E-state index contributed by atoms with van der Waals surface area (Å²) >= 11 is 0. The lowest BCUT2D eigenvalue weighted by Crippen LogP contribution is -2.42. The molecule has 1 saturated heterocycles. The van der Waals surface area contributed by atoms with Gasteiger partial charge in [-0.2, -0.15) is 5.10 Å². The summed E-state index contributed by atoms with van der Waals surface area (Å²) in [5.74, 6) is 1.33. The van der Waals surface area contributed by atoms with E-state index in [0.29, 0.717) is 25.5 Å². The van der Waals surface area contributed by atoms with Crippen molar-refractivity contribution in [1.29, 1.82) is 0 Å². The fourth-order valence-corrected chi connectivity index (χ4v) is 2.81. The van der Waals surface area contributed by atoms with Gasteiger partial charge < -0.3 is 20.3 Å². The van der Waals surface area contributed by atoms with Crippen molar-refractivity contribution in [3.8, 4) is 0 Å². The summed E-state index contributed by atoms with van der Waals surface area (Å²) in [5, 5.41) is 11.1. The largest absolute Gasteiger partial charge is 0.384 e. The lowest BCUT2D eigenvalue weighted by atomic mass is 9.98. The van der Waals surface area contributed by atoms with Gasteiger partial charge in [0.2, 0.25) is 5.91 Å². The van der Waals surface area contributed by atoms with Crippen LogP contribution >= 0.6 is 0 Å². The van der Waals surface area contributed by atoms with Crippen molar-refractivity contribution in [3.63, 3.8) is 0 Å². The summed E-state index contributed by atoms with van der Waals surface area (Å²) in [6.45, 7) is 4.91. The van der Waals surface area contributed by atoms with Crippen molar-refractivity contribution in [2.24, 2.45) is 5.92 Å². The minimum absolute atomic E-state index is 0.0502. The molecule has 0 aromatic carbocycles. The average molecular weight is 319 g/mol. The van der Waals surface area contributed by atoms with Crippen molar-refractivity contribution >= 4 is 11.7 Å². The number of ether oxygens (including phenoxy) is 1. The highest BCUT2D eigenvalue weighted by Crippen LogP contribution is 2.20. The van der Waals surface area contributed by atoms with Crippen molar-refractivity contribution < 1.29 is 14.1 Å². The second-order valence-electron chi connectivity index (χ2n) is 5.98. The number of aromatic nitrogens is 3. The minimum Gasteiger partial charge on any atom is -0.384 e. The van der Waals surface area contributed by atoms with Crippen molar-refractivity contribution in [2.45, 2.75) is 32.9 Å². The molecule has 0 spiro atoms. The summed E-state index contributed by atoms with van der Waals surface area (Å²) < 4.78 is 12.2. The van der Waals surface area contributed by atoms with Gasteiger partial charge in [0.25, 0.3) is 0 Å². The number of hydrogen-bond acceptors (Lipinski definition) is 6. The first-order valence-electron chi connectivity index (χ1n) is 7.60. The van der Waals surface area contributed by atoms with Crippen LogP contribution in [-0.4, -0.2) is 40.1 Å². The van der Waals surface area contributed by atoms with E-state index in [-0.39, 0.29) is 24.4 Å². The quantitative estimate of drug-likeness (QED) is 0.828. The number of hydrogen-bond donors (Lipinski definition) is 2. The van der Waals surface area contributed by atoms with Crippen LogP contribution in [0.5, 0.6) is 0 Å². The smallest absolute Gasteiger partial charge is 0.242 e. The molecule has 0 bridgehead atoms. The van der Waals surface area contributed by atoms with Gasteiger partial charge in [0.15, 0.2) is 0 Å². The van der Waals surface area contributed by atoms with E-state index in [1.807, 2.05) is 19.9 Å². The lowest BCUT2D eigenvalue weighted by Gasteiger charge is -2.18. The van der Waals surface area contributed by atoms with Crippen LogP contribution in [0, 0.1) is 19.8 Å². The Morgan fingerprint density at radius 3 is 2.87 bits per heavy atom. The van der Waals surface area contributed by atoms with Gasteiger partial charge >= 0.3 is 0 Å². The molecule has 124 valence electrons. The Kier molecular flexibility index (Phi) is 4.33. The monoisotopic (exact) mass is 319 g/mol. The van der Waals surface area contributed by atoms with Crippen LogP contribution in [0.2, 0.25) is 0 Å². The first kappa shape index (κ1) is 15.5. The Labute approximate surface area is 134 Å². The first-order valence-corrected chi connectivity index (χ1v) is 7.60. The molecule has 2 aromatic heterocycles. The van der Waals surface area contributed by atoms with E-state index in [1.54, 1.807) is 6.07 Å². The highest BCUT2D eigenvalue weighted by Gasteiger charge is 2.30. The zero-order valence-electron chi connectivity index (χ0n) is 13.3. The number of nitrogens with two attached hydrogens (primary N) is 1. The van der Waals surface area contributed by atoms with E-state index in [0.717, 1.165) is 17.1 Å². The van der Waals surface area contributed by atoms with Gasteiger partial charge in [-0.05, 0) is 13.8 Å². The van der Waals surface area contributed by atoms with Gasteiger partial charge in [0, 0.05) is 24.5 Å². The first-order chi connectivity index (χ1) is 11.0. The van der Waals surface area contributed by atoms with Gasteiger partial charge in [0.1, 0.15) is 18.1 Å². The molecule has 1 fully saturated rings. The highest BCUT2D eigenvalue weighted by atomic mass is 16.5. The summed E-state index contributed by atoms with van der Waals surface area (Å²) in [6.07, 6.45) is 0.689. The van der Waals surface area contributed by atoms with Gasteiger partial charge in [-0.15, -0.1) is 0 Å². The third kappa shape index (κ3) is 3.70. The molecule has 3 rings (SSSR count). The molecule has 8 heteroatoms. The van der Waals surface area contributed by atoms with E-state index in [9.17, 15) is 4.79 Å². The maximum absolute atomic E-state index is 12.2. The molecule has 3 heterocycles. The number of nitrogen functional groups attached to an aromatic ring is 1. The number of carbonyl (C=O) groups is 1. The molecule has 23 heavy (non-hydrogen) atoms. The van der Waals surface area contributed by atoms with Crippen LogP contribution in [0.25, 0.3) is 0 Å². The zero-order valence-corrected chi connectivity index (χ0v) is 13.3. The fraction of sp³-hybridized carbons (Fsp3) is 0.533. The molecule has 1 amide bonds. The Morgan fingerprint density at radius 1 is 1.39 bits per heavy atom. The predicted octanol–water partition coefficient (Wildman–Crippen LogP) is 0.444. The zero-order chi connectivity index (χ0) is 16.4. The van der Waals surface area contributed by atoms with E-state index < -0.39 is 0 Å². The molecule has 1 aliphatic heterocycles. The van der Waals surface area contributed by atoms with E-state index >= 15 is 0 Å². The second-order valence-corrected chi connectivity index (χ2v) is 5.98. The minimum atomic E-state index is -0.131. The predicted molar refractivity (Wildman–Crippen MR) is 82.6 cm³/mol. The molecular formula is C15H21N5O3. The second kappa shape index (κ2) is 6.41. The number of nitrogens with zero attached hydrogens (tertiary/aromatic N) is 3. The van der Waals surface area contributed by atoms with Crippen molar-refractivity contribution in [2.75, 3.05) is 18.9 Å². The van der Waals surface area contributed by atoms with Crippen LogP contribution in [0.3, 0.4) is 0 Å². The molecule has 0 saturated carbocycles. The Hall–Kier alpha value is -2.35. The number of aryl methyl sites for hydroxylation is 2. The highest BCUT2D eigenvalue weighted by molar-refractivity contribution is 5.76. The maximum atomic E-state index is 12.2. The fourth-order valence-electron chi connectivity index (χ4n) is 2.81. The molecule has 3 N–H and O–H groups in total. The molecule has 0 radical (unpaired) electrons. The van der Waals surface area contributed by atoms with Crippen LogP contribution < -0.4 is 11.1 Å². The number of amides is 1. The maximum Gasteiger partial charge on any atom is 0.242 e. The number of anilines is 1. The molecule has 0 aliphatic carbocycles. The normalized spacial score (nSPS) is 20.8. The third-order valence-corrected chi connectivity index (χ3v) is 3.91. The topological polar surface area (TPSA) is 108 Å². The molecule has 2 aromatic rings. The van der Waals surface area contributed by atoms with Crippen LogP contribution in [0.15, 0.2) is 16.7 Å². The molecular weight excluding hydrogens is 298 g/mol. The standard InChI is InChI=1S/C15H21N5O3/c1-9-4-14(16)20(18-9)6-15(21)17-13-8-22-7-11(13)5-12-3-10(2)19-23-12/h3-4,11,13H,5-8,16H2,1-2H3,(H,17,21)/t11-,13+/m1/s1. The Morgan fingerprint density at radius 2 is 2.22 bits per heavy atom. The molecule has 2 atom stereocenters. The van der Waals surface area contributed by atoms with Crippen LogP contribution in [0.1, 0.15) is 17.1 Å². The van der Waals surface area contributed by atoms with E-state index in [4.69, 9.17) is 15.0 Å². The summed E-state index contributed by atoms with van der Waals surface area (Å²) in [5.41, 5.74) is 7.45. The van der Waals surface area contributed by atoms with Gasteiger partial charge in [0.05, 0.1) is 30.6 Å². The number of carbonyl (C=O) groups excluding carboxylic acids is 1. The van der Waals surface area contributed by atoms with Gasteiger partial charge in [-0.3, -0.25) is 4.79 Å². The SMILES string of the molecule is Cc1cc(C[C@@H]2COC[C@@H]2NC(=O)Cn2nc(C)cc2N)on1. The Balaban J connectivity index is 1.57. The van der Waals surface area contributed by atoms with E-state index in [2.05, 4.69) is 15.6 Å². The number of nitrogens with one attached hydrogen (secondary N) is 1. The van der Waals surface area contributed by atoms with Crippen molar-refractivity contribution in [1.82, 2.24) is 20.3 Å². The number of rotatable bonds is 5. The van der Waals surface area contributed by atoms with Crippen LogP contribution in [-0.2, 0) is 22.5 Å². The molecule has 1 aliphatic rings. The molecule has 8 nitrogen and oxygen atoms in total.